The Morgan fingerprint density at radius 1 is 1.15 bits per heavy atom. The summed E-state index contributed by atoms with van der Waals surface area (Å²) in [5, 5.41) is 8.09. The van der Waals surface area contributed by atoms with Crippen LogP contribution in [0.2, 0.25) is 0 Å². The van der Waals surface area contributed by atoms with Gasteiger partial charge in [0.05, 0.1) is 18.8 Å². The number of nitrogens with zero attached hydrogens (tertiary/aromatic N) is 2. The Morgan fingerprint density at radius 2 is 1.82 bits per heavy atom. The highest BCUT2D eigenvalue weighted by Gasteiger charge is 2.28. The molecule has 1 aromatic heterocycles. The van der Waals surface area contributed by atoms with Crippen molar-refractivity contribution < 1.29 is 9.53 Å². The van der Waals surface area contributed by atoms with Crippen LogP contribution in [-0.2, 0) is 0 Å². The van der Waals surface area contributed by atoms with Gasteiger partial charge in [-0.2, -0.15) is 9.78 Å². The summed E-state index contributed by atoms with van der Waals surface area (Å²) >= 11 is 0. The van der Waals surface area contributed by atoms with Gasteiger partial charge in [0.25, 0.3) is 5.91 Å². The van der Waals surface area contributed by atoms with Gasteiger partial charge < -0.3 is 10.1 Å². The van der Waals surface area contributed by atoms with E-state index in [9.17, 15) is 4.79 Å². The molecule has 34 heavy (non-hydrogen) atoms. The van der Waals surface area contributed by atoms with E-state index >= 15 is 0 Å². The molecule has 1 N–H and O–H groups in total. The number of aromatic nitrogens is 2. The maximum Gasteiger partial charge on any atom is 0.259 e. The van der Waals surface area contributed by atoms with E-state index in [1.807, 2.05) is 91.9 Å². The zero-order chi connectivity index (χ0) is 24.3. The van der Waals surface area contributed by atoms with Gasteiger partial charge >= 0.3 is 0 Å². The number of amides is 1. The van der Waals surface area contributed by atoms with Gasteiger partial charge in [-0.05, 0) is 43.0 Å². The summed E-state index contributed by atoms with van der Waals surface area (Å²) in [6, 6.07) is 19.6. The first kappa shape index (κ1) is 24.8. The molecule has 3 aromatic rings. The molecule has 2 aromatic carbocycles. The summed E-state index contributed by atoms with van der Waals surface area (Å²) in [5.41, 5.74) is 3.71. The molecule has 176 valence electrons. The maximum atomic E-state index is 13.8. The van der Waals surface area contributed by atoms with Crippen LogP contribution >= 0.6 is 0 Å². The minimum absolute atomic E-state index is 0.112. The summed E-state index contributed by atoms with van der Waals surface area (Å²) in [5.74, 6) is 0.182. The van der Waals surface area contributed by atoms with Crippen molar-refractivity contribution in [3.63, 3.8) is 0 Å². The molecular formula is C29H33N3O2. The molecule has 0 saturated heterocycles. The number of rotatable bonds is 11. The van der Waals surface area contributed by atoms with E-state index in [0.29, 0.717) is 23.6 Å². The second-order valence-electron chi connectivity index (χ2n) is 7.89. The second-order valence-corrected chi connectivity index (χ2v) is 7.89. The van der Waals surface area contributed by atoms with E-state index < -0.39 is 0 Å². The van der Waals surface area contributed by atoms with Gasteiger partial charge in [-0.1, -0.05) is 86.2 Å². The summed E-state index contributed by atoms with van der Waals surface area (Å²) in [6.45, 7) is 7.88. The van der Waals surface area contributed by atoms with Crippen molar-refractivity contribution >= 4 is 11.5 Å². The van der Waals surface area contributed by atoms with Crippen molar-refractivity contribution in [3.8, 4) is 11.6 Å². The van der Waals surface area contributed by atoms with Gasteiger partial charge in [-0.15, -0.1) is 6.58 Å². The average Bonchev–Trinajstić information content (AvgIpc) is 3.27. The van der Waals surface area contributed by atoms with E-state index in [1.165, 1.54) is 0 Å². The van der Waals surface area contributed by atoms with Gasteiger partial charge in [0.2, 0.25) is 5.88 Å². The molecule has 0 aliphatic rings. The number of ether oxygens (including phenoxy) is 1. The minimum Gasteiger partial charge on any atom is -0.480 e. The van der Waals surface area contributed by atoms with Crippen molar-refractivity contribution in [2.75, 3.05) is 7.11 Å². The van der Waals surface area contributed by atoms with Crippen LogP contribution in [0.3, 0.4) is 0 Å². The van der Waals surface area contributed by atoms with Crippen molar-refractivity contribution in [1.82, 2.24) is 15.1 Å². The van der Waals surface area contributed by atoms with E-state index in [0.717, 1.165) is 29.7 Å². The van der Waals surface area contributed by atoms with E-state index in [2.05, 4.69) is 18.8 Å². The fourth-order valence-corrected chi connectivity index (χ4v) is 3.90. The van der Waals surface area contributed by atoms with Crippen molar-refractivity contribution in [3.05, 3.63) is 108 Å². The minimum atomic E-state index is -0.217. The van der Waals surface area contributed by atoms with Crippen LogP contribution in [0.15, 0.2) is 91.5 Å². The van der Waals surface area contributed by atoms with Gasteiger partial charge in [0.15, 0.2) is 0 Å². The third kappa shape index (κ3) is 5.73. The van der Waals surface area contributed by atoms with E-state index in [-0.39, 0.29) is 11.9 Å². The predicted octanol–water partition coefficient (Wildman–Crippen LogP) is 6.69. The number of nitrogens with one attached hydrogen (secondary N) is 1. The monoisotopic (exact) mass is 455 g/mol. The van der Waals surface area contributed by atoms with Gasteiger partial charge in [0, 0.05) is 0 Å². The Hall–Kier alpha value is -3.86. The van der Waals surface area contributed by atoms with Crippen LogP contribution in [0.1, 0.15) is 60.8 Å². The van der Waals surface area contributed by atoms with E-state index in [1.54, 1.807) is 11.8 Å². The summed E-state index contributed by atoms with van der Waals surface area (Å²) in [7, 11) is 1.57. The summed E-state index contributed by atoms with van der Waals surface area (Å²) < 4.78 is 7.47. The molecule has 3 rings (SSSR count). The number of hydrogen-bond acceptors (Lipinski definition) is 3. The largest absolute Gasteiger partial charge is 0.480 e. The Labute approximate surface area is 202 Å². The number of hydrogen-bond donors (Lipinski definition) is 1. The van der Waals surface area contributed by atoms with Crippen LogP contribution in [0, 0.1) is 0 Å². The molecule has 0 radical (unpaired) electrons. The van der Waals surface area contributed by atoms with Crippen LogP contribution in [-0.4, -0.2) is 22.8 Å². The molecule has 1 amide bonds. The highest BCUT2D eigenvalue weighted by Crippen LogP contribution is 2.32. The molecule has 0 aliphatic carbocycles. The fraction of sp³-hybridized carbons (Fsp3) is 0.241. The molecule has 1 heterocycles. The molecule has 1 atom stereocenters. The number of carbonyl (C=O) groups excluding carboxylic acids is 1. The quantitative estimate of drug-likeness (QED) is 0.259. The van der Waals surface area contributed by atoms with Crippen LogP contribution in [0.4, 0.5) is 0 Å². The molecule has 5 heteroatoms. The Morgan fingerprint density at radius 3 is 2.41 bits per heavy atom. The van der Waals surface area contributed by atoms with Crippen LogP contribution in [0.5, 0.6) is 5.88 Å². The number of allylic oxidation sites excluding steroid dienone is 5. The first-order valence-electron chi connectivity index (χ1n) is 11.7. The summed E-state index contributed by atoms with van der Waals surface area (Å²) in [6.07, 6.45) is 10.2. The lowest BCUT2D eigenvalue weighted by molar-refractivity contribution is 0.0931. The third-order valence-electron chi connectivity index (χ3n) is 5.47. The van der Waals surface area contributed by atoms with Crippen molar-refractivity contribution in [2.24, 2.45) is 0 Å². The molecular weight excluding hydrogens is 422 g/mol. The Kier molecular flexibility index (Phi) is 9.04. The normalized spacial score (nSPS) is 12.5. The first-order valence-corrected chi connectivity index (χ1v) is 11.7. The smallest absolute Gasteiger partial charge is 0.259 e. The Bertz CT molecular complexity index is 1140. The van der Waals surface area contributed by atoms with Gasteiger partial charge in [-0.25, -0.2) is 0 Å². The van der Waals surface area contributed by atoms with Crippen LogP contribution in [0.25, 0.3) is 11.3 Å². The third-order valence-corrected chi connectivity index (χ3v) is 5.47. The zero-order valence-electron chi connectivity index (χ0n) is 20.2. The molecule has 0 aliphatic heterocycles. The topological polar surface area (TPSA) is 56.2 Å². The van der Waals surface area contributed by atoms with Crippen molar-refractivity contribution in [2.45, 2.75) is 39.2 Å². The zero-order valence-corrected chi connectivity index (χ0v) is 20.2. The van der Waals surface area contributed by atoms with Crippen molar-refractivity contribution in [1.29, 1.82) is 0 Å². The Balaban J connectivity index is 2.15. The number of carbonyl (C=O) groups is 1. The highest BCUT2D eigenvalue weighted by molar-refractivity contribution is 6.02. The maximum absolute atomic E-state index is 13.8. The molecule has 0 fully saturated rings. The lowest BCUT2D eigenvalue weighted by Gasteiger charge is -2.19. The molecule has 0 saturated carbocycles. The first-order chi connectivity index (χ1) is 16.6. The lowest BCUT2D eigenvalue weighted by Crippen LogP contribution is -2.29. The standard InChI is InChI=1S/C29H33N3O2/c1-5-8-17-23(15-6-2)27-26(29(34-4)32(31-27)24-20-13-10-14-21-24)28(33)30-25(16-7-3)22-18-11-9-12-19-22/h5-6,9-15,17-21,25H,1,7-8,16H2,2-4H3,(H,30,33)/b15-6-,23-17+. The SMILES string of the molecule is C=CC/C=C(\C=C/C)c1nn(-c2ccccc2)c(OC)c1C(=O)NC(CCC)c1ccccc1. The molecule has 0 bridgehead atoms. The molecule has 1 unspecified atom stereocenters. The van der Waals surface area contributed by atoms with E-state index in [4.69, 9.17) is 9.84 Å². The summed E-state index contributed by atoms with van der Waals surface area (Å²) in [4.78, 5) is 13.8. The number of para-hydroxylation sites is 1. The molecule has 0 spiro atoms. The van der Waals surface area contributed by atoms with Gasteiger partial charge in [0.1, 0.15) is 11.3 Å². The molecule has 5 nitrogen and oxygen atoms in total. The predicted molar refractivity (Wildman–Crippen MR) is 139 cm³/mol. The number of benzene rings is 2. The van der Waals surface area contributed by atoms with Gasteiger partial charge in [-0.3, -0.25) is 4.79 Å². The fourth-order valence-electron chi connectivity index (χ4n) is 3.90. The average molecular weight is 456 g/mol. The highest BCUT2D eigenvalue weighted by atomic mass is 16.5. The second kappa shape index (κ2) is 12.4. The number of methoxy groups -OCH3 is 1. The van der Waals surface area contributed by atoms with Crippen LogP contribution < -0.4 is 10.1 Å². The lowest BCUT2D eigenvalue weighted by atomic mass is 10.0.